The molecule has 1 saturated carbocycles. The number of nitrogens with one attached hydrogen (secondary N) is 1. The number of anilines is 1. The molecule has 0 heterocycles. The number of halogens is 1. The maximum atomic E-state index is 12.3. The van der Waals surface area contributed by atoms with Crippen molar-refractivity contribution < 1.29 is 14.7 Å². The van der Waals surface area contributed by atoms with Crippen molar-refractivity contribution in [1.29, 1.82) is 0 Å². The highest BCUT2D eigenvalue weighted by Gasteiger charge is 2.41. The lowest BCUT2D eigenvalue weighted by molar-refractivity contribution is -0.153. The van der Waals surface area contributed by atoms with Crippen LogP contribution >= 0.6 is 15.9 Å². The highest BCUT2D eigenvalue weighted by atomic mass is 79.9. The summed E-state index contributed by atoms with van der Waals surface area (Å²) >= 11 is 3.40. The van der Waals surface area contributed by atoms with Crippen LogP contribution in [-0.4, -0.2) is 17.0 Å². The van der Waals surface area contributed by atoms with E-state index in [-0.39, 0.29) is 12.3 Å². The molecule has 114 valence electrons. The lowest BCUT2D eigenvalue weighted by Gasteiger charge is -2.32. The first-order chi connectivity index (χ1) is 9.93. The summed E-state index contributed by atoms with van der Waals surface area (Å²) < 4.78 is 0.800. The SMILES string of the molecule is Cc1ccc(Br)c(NC(=O)CC2(C(=O)O)CCCCC2)c1. The van der Waals surface area contributed by atoms with Crippen LogP contribution in [-0.2, 0) is 9.59 Å². The summed E-state index contributed by atoms with van der Waals surface area (Å²) in [7, 11) is 0. The van der Waals surface area contributed by atoms with Crippen LogP contribution in [0, 0.1) is 12.3 Å². The molecule has 5 heteroatoms. The van der Waals surface area contributed by atoms with Crippen LogP contribution in [0.3, 0.4) is 0 Å². The first kappa shape index (κ1) is 16.0. The molecule has 1 aromatic rings. The molecule has 0 atom stereocenters. The van der Waals surface area contributed by atoms with Crippen LogP contribution in [0.5, 0.6) is 0 Å². The Morgan fingerprint density at radius 2 is 1.95 bits per heavy atom. The molecule has 0 bridgehead atoms. The van der Waals surface area contributed by atoms with Gasteiger partial charge in [-0.3, -0.25) is 9.59 Å². The first-order valence-electron chi connectivity index (χ1n) is 7.22. The third kappa shape index (κ3) is 3.84. The molecular weight excluding hydrogens is 334 g/mol. The number of carboxylic acids is 1. The van der Waals surface area contributed by atoms with Gasteiger partial charge in [-0.15, -0.1) is 0 Å². The molecule has 0 saturated heterocycles. The summed E-state index contributed by atoms with van der Waals surface area (Å²) in [5, 5.41) is 12.3. The van der Waals surface area contributed by atoms with Crippen molar-refractivity contribution in [3.63, 3.8) is 0 Å². The van der Waals surface area contributed by atoms with Gasteiger partial charge in [0.2, 0.25) is 5.91 Å². The molecule has 2 N–H and O–H groups in total. The Bertz CT molecular complexity index is 550. The fourth-order valence-corrected chi connectivity index (χ4v) is 3.28. The average molecular weight is 354 g/mol. The second kappa shape index (κ2) is 6.60. The Morgan fingerprint density at radius 3 is 2.57 bits per heavy atom. The fourth-order valence-electron chi connectivity index (χ4n) is 2.93. The Hall–Kier alpha value is -1.36. The van der Waals surface area contributed by atoms with E-state index in [1.807, 2.05) is 25.1 Å². The van der Waals surface area contributed by atoms with Crippen molar-refractivity contribution in [2.75, 3.05) is 5.32 Å². The summed E-state index contributed by atoms with van der Waals surface area (Å²) in [6, 6.07) is 5.69. The molecule has 0 radical (unpaired) electrons. The molecule has 1 amide bonds. The quantitative estimate of drug-likeness (QED) is 0.855. The minimum Gasteiger partial charge on any atom is -0.481 e. The van der Waals surface area contributed by atoms with Gasteiger partial charge in [-0.1, -0.05) is 25.3 Å². The maximum Gasteiger partial charge on any atom is 0.310 e. The lowest BCUT2D eigenvalue weighted by atomic mass is 9.71. The van der Waals surface area contributed by atoms with Crippen molar-refractivity contribution >= 4 is 33.5 Å². The third-order valence-electron chi connectivity index (χ3n) is 4.16. The molecular formula is C16H20BrNO3. The van der Waals surface area contributed by atoms with Crippen LogP contribution in [0.4, 0.5) is 5.69 Å². The van der Waals surface area contributed by atoms with Gasteiger partial charge in [0.05, 0.1) is 11.1 Å². The maximum absolute atomic E-state index is 12.3. The number of benzene rings is 1. The number of carboxylic acid groups (broad SMARTS) is 1. The Morgan fingerprint density at radius 1 is 1.29 bits per heavy atom. The van der Waals surface area contributed by atoms with Crippen LogP contribution in [0.1, 0.15) is 44.1 Å². The number of amides is 1. The molecule has 0 unspecified atom stereocenters. The molecule has 1 fully saturated rings. The highest BCUT2D eigenvalue weighted by molar-refractivity contribution is 9.10. The van der Waals surface area contributed by atoms with Crippen molar-refractivity contribution in [2.24, 2.45) is 5.41 Å². The summed E-state index contributed by atoms with van der Waals surface area (Å²) in [5.41, 5.74) is 0.842. The number of carbonyl (C=O) groups excluding carboxylic acids is 1. The van der Waals surface area contributed by atoms with E-state index in [1.54, 1.807) is 0 Å². The summed E-state index contributed by atoms with van der Waals surface area (Å²) in [5.74, 6) is -1.08. The second-order valence-corrected chi connectivity index (χ2v) is 6.71. The summed E-state index contributed by atoms with van der Waals surface area (Å²) in [6.07, 6.45) is 4.04. The second-order valence-electron chi connectivity index (χ2n) is 5.85. The number of hydrogen-bond donors (Lipinski definition) is 2. The van der Waals surface area contributed by atoms with E-state index < -0.39 is 11.4 Å². The standard InChI is InChI=1S/C16H20BrNO3/c1-11-5-6-12(17)13(9-11)18-14(19)10-16(15(20)21)7-3-2-4-8-16/h5-6,9H,2-4,7-8,10H2,1H3,(H,18,19)(H,20,21). The van der Waals surface area contributed by atoms with Gasteiger partial charge in [-0.25, -0.2) is 0 Å². The van der Waals surface area contributed by atoms with Gasteiger partial charge in [0.25, 0.3) is 0 Å². The predicted molar refractivity (Wildman–Crippen MR) is 85.3 cm³/mol. The number of rotatable bonds is 4. The van der Waals surface area contributed by atoms with Crippen molar-refractivity contribution in [2.45, 2.75) is 45.4 Å². The number of aryl methyl sites for hydroxylation is 1. The minimum absolute atomic E-state index is 0.0444. The van der Waals surface area contributed by atoms with E-state index in [2.05, 4.69) is 21.2 Å². The lowest BCUT2D eigenvalue weighted by Crippen LogP contribution is -2.37. The summed E-state index contributed by atoms with van der Waals surface area (Å²) in [6.45, 7) is 1.95. The topological polar surface area (TPSA) is 66.4 Å². The van der Waals surface area contributed by atoms with Gasteiger partial charge in [0.15, 0.2) is 0 Å². The molecule has 21 heavy (non-hydrogen) atoms. The minimum atomic E-state index is -0.890. The Balaban J connectivity index is 2.09. The summed E-state index contributed by atoms with van der Waals surface area (Å²) in [4.78, 5) is 23.9. The number of hydrogen-bond acceptors (Lipinski definition) is 2. The largest absolute Gasteiger partial charge is 0.481 e. The molecule has 1 aliphatic rings. The predicted octanol–water partition coefficient (Wildman–Crippen LogP) is 4.12. The van der Waals surface area contributed by atoms with E-state index in [9.17, 15) is 14.7 Å². The molecule has 1 aromatic carbocycles. The van der Waals surface area contributed by atoms with E-state index in [4.69, 9.17) is 0 Å². The van der Waals surface area contributed by atoms with Gasteiger partial charge in [0, 0.05) is 10.9 Å². The Kier molecular flexibility index (Phi) is 5.04. The molecule has 4 nitrogen and oxygen atoms in total. The number of carbonyl (C=O) groups is 2. The molecule has 0 aromatic heterocycles. The fraction of sp³-hybridized carbons (Fsp3) is 0.500. The van der Waals surface area contributed by atoms with Crippen molar-refractivity contribution in [3.05, 3.63) is 28.2 Å². The zero-order valence-corrected chi connectivity index (χ0v) is 13.7. The number of aliphatic carboxylic acids is 1. The monoisotopic (exact) mass is 353 g/mol. The molecule has 1 aliphatic carbocycles. The molecule has 0 spiro atoms. The van der Waals surface area contributed by atoms with Gasteiger partial charge >= 0.3 is 5.97 Å². The van der Waals surface area contributed by atoms with Crippen molar-refractivity contribution in [1.82, 2.24) is 0 Å². The van der Waals surface area contributed by atoms with E-state index in [1.165, 1.54) is 0 Å². The zero-order valence-electron chi connectivity index (χ0n) is 12.1. The smallest absolute Gasteiger partial charge is 0.310 e. The average Bonchev–Trinajstić information content (AvgIpc) is 2.43. The Labute approximate surface area is 133 Å². The van der Waals surface area contributed by atoms with Crippen LogP contribution in [0.2, 0.25) is 0 Å². The van der Waals surface area contributed by atoms with Crippen molar-refractivity contribution in [3.8, 4) is 0 Å². The van der Waals surface area contributed by atoms with Gasteiger partial charge < -0.3 is 10.4 Å². The van der Waals surface area contributed by atoms with Crippen LogP contribution in [0.15, 0.2) is 22.7 Å². The van der Waals surface area contributed by atoms with Gasteiger partial charge in [-0.2, -0.15) is 0 Å². The normalized spacial score (nSPS) is 17.2. The third-order valence-corrected chi connectivity index (χ3v) is 4.85. The zero-order chi connectivity index (χ0) is 15.5. The first-order valence-corrected chi connectivity index (χ1v) is 8.02. The van der Waals surface area contributed by atoms with Gasteiger partial charge in [0.1, 0.15) is 0 Å². The molecule has 0 aliphatic heterocycles. The molecule has 2 rings (SSSR count). The van der Waals surface area contributed by atoms with E-state index >= 15 is 0 Å². The highest BCUT2D eigenvalue weighted by Crippen LogP contribution is 2.40. The van der Waals surface area contributed by atoms with Crippen LogP contribution in [0.25, 0.3) is 0 Å². The van der Waals surface area contributed by atoms with Gasteiger partial charge in [-0.05, 0) is 53.4 Å². The van der Waals surface area contributed by atoms with Crippen LogP contribution < -0.4 is 5.32 Å². The van der Waals surface area contributed by atoms with E-state index in [0.717, 1.165) is 29.3 Å². The van der Waals surface area contributed by atoms with E-state index in [0.29, 0.717) is 18.5 Å².